The molecule has 108 valence electrons. The molecule has 0 fully saturated rings. The van der Waals surface area contributed by atoms with Gasteiger partial charge in [-0.05, 0) is 30.2 Å². The number of halogens is 1. The summed E-state index contributed by atoms with van der Waals surface area (Å²) in [5.41, 5.74) is 2.47. The van der Waals surface area contributed by atoms with Crippen LogP contribution in [0.25, 0.3) is 0 Å². The summed E-state index contributed by atoms with van der Waals surface area (Å²) in [5.74, 6) is -0.366. The number of amides is 1. The van der Waals surface area contributed by atoms with Crippen molar-refractivity contribution in [3.8, 4) is 0 Å². The molecule has 0 saturated heterocycles. The van der Waals surface area contributed by atoms with Crippen LogP contribution in [0, 0.1) is 17.0 Å². The molecule has 0 unspecified atom stereocenters. The number of nitro groups is 1. The Balaban J connectivity index is 2.30. The van der Waals surface area contributed by atoms with Crippen molar-refractivity contribution in [2.75, 3.05) is 5.32 Å². The first kappa shape index (κ1) is 15.2. The molecule has 0 radical (unpaired) electrons. The fraction of sp³-hybridized carbons (Fsp3) is 0.133. The zero-order chi connectivity index (χ0) is 15.4. The number of anilines is 1. The highest BCUT2D eigenvalue weighted by Crippen LogP contribution is 2.21. The number of hydrogen-bond acceptors (Lipinski definition) is 3. The van der Waals surface area contributed by atoms with Crippen molar-refractivity contribution in [1.82, 2.24) is 0 Å². The first-order valence-corrected chi connectivity index (χ1v) is 7.34. The molecule has 1 N–H and O–H groups in total. The van der Waals surface area contributed by atoms with E-state index < -0.39 is 4.92 Å². The number of para-hydroxylation sites is 1. The van der Waals surface area contributed by atoms with Crippen LogP contribution in [0.1, 0.15) is 21.5 Å². The lowest BCUT2D eigenvalue weighted by molar-refractivity contribution is -0.384. The number of rotatable bonds is 4. The number of carbonyl (C=O) groups is 1. The van der Waals surface area contributed by atoms with E-state index in [9.17, 15) is 14.9 Å². The highest BCUT2D eigenvalue weighted by Gasteiger charge is 2.14. The Morgan fingerprint density at radius 1 is 1.29 bits per heavy atom. The van der Waals surface area contributed by atoms with Gasteiger partial charge < -0.3 is 5.32 Å². The standard InChI is InChI=1S/C15H13BrN2O3/c1-10-6-12(8-13(7-10)18(20)21)15(19)17-14-5-3-2-4-11(14)9-16/h2-8H,9H2,1H3,(H,17,19). The maximum atomic E-state index is 12.3. The molecule has 0 aromatic heterocycles. The Hall–Kier alpha value is -2.21. The number of carbonyl (C=O) groups excluding carboxylic acids is 1. The van der Waals surface area contributed by atoms with E-state index in [0.29, 0.717) is 16.6 Å². The molecule has 0 aliphatic heterocycles. The minimum absolute atomic E-state index is 0.0890. The van der Waals surface area contributed by atoms with Crippen LogP contribution >= 0.6 is 15.9 Å². The van der Waals surface area contributed by atoms with Crippen molar-refractivity contribution in [2.45, 2.75) is 12.3 Å². The summed E-state index contributed by atoms with van der Waals surface area (Å²) in [7, 11) is 0. The molecule has 0 spiro atoms. The van der Waals surface area contributed by atoms with E-state index in [2.05, 4.69) is 21.2 Å². The lowest BCUT2D eigenvalue weighted by Crippen LogP contribution is -2.13. The Labute approximate surface area is 130 Å². The molecule has 0 saturated carbocycles. The third-order valence-corrected chi connectivity index (χ3v) is 3.55. The van der Waals surface area contributed by atoms with Crippen LogP contribution in [0.2, 0.25) is 0 Å². The molecule has 21 heavy (non-hydrogen) atoms. The smallest absolute Gasteiger partial charge is 0.270 e. The van der Waals surface area contributed by atoms with Gasteiger partial charge >= 0.3 is 0 Å². The van der Waals surface area contributed by atoms with Crippen LogP contribution in [-0.4, -0.2) is 10.8 Å². The summed E-state index contributed by atoms with van der Waals surface area (Å²) in [5, 5.41) is 14.2. The van der Waals surface area contributed by atoms with Crippen LogP contribution in [0.3, 0.4) is 0 Å². The van der Waals surface area contributed by atoms with Gasteiger partial charge in [-0.15, -0.1) is 0 Å². The highest BCUT2D eigenvalue weighted by molar-refractivity contribution is 9.08. The second-order valence-electron chi connectivity index (χ2n) is 4.56. The number of benzene rings is 2. The molecule has 2 rings (SSSR count). The predicted octanol–water partition coefficient (Wildman–Crippen LogP) is 4.05. The summed E-state index contributed by atoms with van der Waals surface area (Å²) in [4.78, 5) is 22.6. The Morgan fingerprint density at radius 2 is 2.00 bits per heavy atom. The van der Waals surface area contributed by atoms with Crippen molar-refractivity contribution >= 4 is 33.2 Å². The van der Waals surface area contributed by atoms with E-state index in [0.717, 1.165) is 5.56 Å². The Bertz CT molecular complexity index is 701. The SMILES string of the molecule is Cc1cc(C(=O)Nc2ccccc2CBr)cc([N+](=O)[O-])c1. The number of hydrogen-bond donors (Lipinski definition) is 1. The van der Waals surface area contributed by atoms with Crippen molar-refractivity contribution in [3.05, 3.63) is 69.3 Å². The zero-order valence-corrected chi connectivity index (χ0v) is 12.9. The van der Waals surface area contributed by atoms with Crippen molar-refractivity contribution in [2.24, 2.45) is 0 Å². The van der Waals surface area contributed by atoms with Crippen LogP contribution in [-0.2, 0) is 5.33 Å². The summed E-state index contributed by atoms with van der Waals surface area (Å²) < 4.78 is 0. The lowest BCUT2D eigenvalue weighted by Gasteiger charge is -2.09. The lowest BCUT2D eigenvalue weighted by atomic mass is 10.1. The van der Waals surface area contributed by atoms with E-state index in [1.54, 1.807) is 19.1 Å². The predicted molar refractivity (Wildman–Crippen MR) is 84.9 cm³/mol. The molecule has 0 heterocycles. The molecule has 0 aliphatic rings. The van der Waals surface area contributed by atoms with Gasteiger partial charge in [-0.25, -0.2) is 0 Å². The van der Waals surface area contributed by atoms with Gasteiger partial charge in [0, 0.05) is 28.7 Å². The quantitative estimate of drug-likeness (QED) is 0.514. The molecule has 6 heteroatoms. The van der Waals surface area contributed by atoms with E-state index in [4.69, 9.17) is 0 Å². The van der Waals surface area contributed by atoms with Gasteiger partial charge in [-0.3, -0.25) is 14.9 Å². The molecular weight excluding hydrogens is 336 g/mol. The summed E-state index contributed by atoms with van der Waals surface area (Å²) >= 11 is 3.36. The van der Waals surface area contributed by atoms with Gasteiger partial charge in [0.2, 0.25) is 0 Å². The van der Waals surface area contributed by atoms with Gasteiger partial charge in [0.1, 0.15) is 0 Å². The molecule has 5 nitrogen and oxygen atoms in total. The van der Waals surface area contributed by atoms with E-state index in [1.807, 2.05) is 18.2 Å². The van der Waals surface area contributed by atoms with Gasteiger partial charge in [0.05, 0.1) is 4.92 Å². The normalized spacial score (nSPS) is 10.2. The van der Waals surface area contributed by atoms with Crippen molar-refractivity contribution < 1.29 is 9.72 Å². The molecule has 0 aliphatic carbocycles. The maximum absolute atomic E-state index is 12.3. The van der Waals surface area contributed by atoms with E-state index in [1.165, 1.54) is 12.1 Å². The average Bonchev–Trinajstić information content (AvgIpc) is 2.47. The van der Waals surface area contributed by atoms with Crippen molar-refractivity contribution in [3.63, 3.8) is 0 Å². The van der Waals surface area contributed by atoms with Gasteiger partial charge in [0.25, 0.3) is 11.6 Å². The largest absolute Gasteiger partial charge is 0.322 e. The van der Waals surface area contributed by atoms with Crippen LogP contribution in [0.5, 0.6) is 0 Å². The summed E-state index contributed by atoms with van der Waals surface area (Å²) in [6, 6.07) is 11.7. The van der Waals surface area contributed by atoms with Gasteiger partial charge in [-0.1, -0.05) is 34.1 Å². The first-order chi connectivity index (χ1) is 10.0. The number of nitrogens with zero attached hydrogens (tertiary/aromatic N) is 1. The third-order valence-electron chi connectivity index (χ3n) is 2.94. The monoisotopic (exact) mass is 348 g/mol. The Kier molecular flexibility index (Phi) is 4.70. The minimum Gasteiger partial charge on any atom is -0.322 e. The molecular formula is C15H13BrN2O3. The molecule has 0 atom stereocenters. The molecule has 2 aromatic carbocycles. The maximum Gasteiger partial charge on any atom is 0.270 e. The zero-order valence-electron chi connectivity index (χ0n) is 11.3. The van der Waals surface area contributed by atoms with Crippen molar-refractivity contribution in [1.29, 1.82) is 0 Å². The number of non-ortho nitro benzene ring substituents is 1. The number of aryl methyl sites for hydroxylation is 1. The summed E-state index contributed by atoms with van der Waals surface area (Å²) in [6.07, 6.45) is 0. The van der Waals surface area contributed by atoms with Crippen LogP contribution in [0.4, 0.5) is 11.4 Å². The van der Waals surface area contributed by atoms with Crippen LogP contribution < -0.4 is 5.32 Å². The molecule has 0 bridgehead atoms. The second kappa shape index (κ2) is 6.49. The fourth-order valence-corrected chi connectivity index (χ4v) is 2.44. The Morgan fingerprint density at radius 3 is 2.67 bits per heavy atom. The number of nitrogens with one attached hydrogen (secondary N) is 1. The minimum atomic E-state index is -0.504. The number of alkyl halides is 1. The topological polar surface area (TPSA) is 72.2 Å². The fourth-order valence-electron chi connectivity index (χ4n) is 1.95. The number of nitro benzene ring substituents is 1. The average molecular weight is 349 g/mol. The summed E-state index contributed by atoms with van der Waals surface area (Å²) in [6.45, 7) is 1.72. The van der Waals surface area contributed by atoms with Crippen LogP contribution in [0.15, 0.2) is 42.5 Å². The van der Waals surface area contributed by atoms with E-state index in [-0.39, 0.29) is 17.2 Å². The third kappa shape index (κ3) is 3.66. The second-order valence-corrected chi connectivity index (χ2v) is 5.12. The van der Waals surface area contributed by atoms with E-state index >= 15 is 0 Å². The first-order valence-electron chi connectivity index (χ1n) is 6.22. The van der Waals surface area contributed by atoms with Gasteiger partial charge in [0.15, 0.2) is 0 Å². The molecule has 1 amide bonds. The highest BCUT2D eigenvalue weighted by atomic mass is 79.9. The van der Waals surface area contributed by atoms with Gasteiger partial charge in [-0.2, -0.15) is 0 Å². The molecule has 2 aromatic rings.